The average molecular weight is 304 g/mol. The molecule has 8 heteroatoms. The number of nitrogens with one attached hydrogen (secondary N) is 1. The molecule has 0 bridgehead atoms. The molecule has 1 heterocycles. The number of nitrogens with zero attached hydrogens (tertiary/aromatic N) is 1. The number of aromatic amines is 1. The number of carbonyl (C=O) groups excluding carboxylic acids is 1. The molecule has 0 saturated heterocycles. The van der Waals surface area contributed by atoms with Crippen molar-refractivity contribution >= 4 is 11.7 Å². The van der Waals surface area contributed by atoms with Gasteiger partial charge in [0.1, 0.15) is 11.3 Å². The molecule has 0 aliphatic heterocycles. The topological polar surface area (TPSA) is 112 Å². The zero-order chi connectivity index (χ0) is 16.3. The quantitative estimate of drug-likeness (QED) is 0.524. The lowest BCUT2D eigenvalue weighted by atomic mass is 10.2. The number of carbonyl (C=O) groups is 1. The summed E-state index contributed by atoms with van der Waals surface area (Å²) in [6, 6.07) is 7.47. The van der Waals surface area contributed by atoms with Crippen molar-refractivity contribution in [2.75, 3.05) is 7.11 Å². The molecule has 1 N–H and O–H groups in total. The second-order valence-electron chi connectivity index (χ2n) is 4.34. The highest BCUT2D eigenvalue weighted by molar-refractivity contribution is 5.94. The van der Waals surface area contributed by atoms with Crippen molar-refractivity contribution in [3.8, 4) is 11.5 Å². The second-order valence-corrected chi connectivity index (χ2v) is 4.34. The summed E-state index contributed by atoms with van der Waals surface area (Å²) in [4.78, 5) is 36.1. The molecular formula is C14H12N2O6. The SMILES string of the molecule is COc1ccccc1C(=O)Oc1cc(C)[nH]c(=O)c1[N+](=O)[O-]. The number of ether oxygens (including phenoxy) is 2. The van der Waals surface area contributed by atoms with E-state index in [9.17, 15) is 19.7 Å². The largest absolute Gasteiger partial charge is 0.496 e. The monoisotopic (exact) mass is 304 g/mol. The normalized spacial score (nSPS) is 10.1. The molecule has 0 spiro atoms. The predicted octanol–water partition coefficient (Wildman–Crippen LogP) is 1.82. The number of benzene rings is 1. The van der Waals surface area contributed by atoms with Gasteiger partial charge >= 0.3 is 17.2 Å². The first kappa shape index (κ1) is 15.2. The first-order valence-electron chi connectivity index (χ1n) is 6.17. The molecule has 1 aromatic carbocycles. The van der Waals surface area contributed by atoms with Crippen molar-refractivity contribution in [3.05, 3.63) is 62.1 Å². The highest BCUT2D eigenvalue weighted by atomic mass is 16.6. The maximum atomic E-state index is 12.2. The van der Waals surface area contributed by atoms with Gasteiger partial charge in [-0.2, -0.15) is 0 Å². The number of aryl methyl sites for hydroxylation is 1. The van der Waals surface area contributed by atoms with Crippen LogP contribution >= 0.6 is 0 Å². The zero-order valence-corrected chi connectivity index (χ0v) is 11.8. The summed E-state index contributed by atoms with van der Waals surface area (Å²) in [5, 5.41) is 11.0. The van der Waals surface area contributed by atoms with Gasteiger partial charge in [0.25, 0.3) is 0 Å². The van der Waals surface area contributed by atoms with Crippen molar-refractivity contribution in [1.29, 1.82) is 0 Å². The number of nitro groups is 1. The number of esters is 1. The first-order chi connectivity index (χ1) is 10.4. The van der Waals surface area contributed by atoms with Gasteiger partial charge in [0.15, 0.2) is 0 Å². The number of methoxy groups -OCH3 is 1. The van der Waals surface area contributed by atoms with Crippen LogP contribution in [0.5, 0.6) is 11.5 Å². The number of H-pyrrole nitrogens is 1. The minimum absolute atomic E-state index is 0.0947. The molecule has 2 aromatic rings. The van der Waals surface area contributed by atoms with Crippen LogP contribution in [-0.2, 0) is 0 Å². The third kappa shape index (κ3) is 2.95. The summed E-state index contributed by atoms with van der Waals surface area (Å²) in [7, 11) is 1.38. The maximum absolute atomic E-state index is 12.2. The van der Waals surface area contributed by atoms with Crippen LogP contribution in [-0.4, -0.2) is 23.0 Å². The van der Waals surface area contributed by atoms with E-state index in [1.54, 1.807) is 18.2 Å². The molecule has 2 rings (SSSR count). The zero-order valence-electron chi connectivity index (χ0n) is 11.8. The number of rotatable bonds is 4. The summed E-state index contributed by atoms with van der Waals surface area (Å²) in [6.07, 6.45) is 0. The van der Waals surface area contributed by atoms with Gasteiger partial charge in [-0.25, -0.2) is 4.79 Å². The Morgan fingerprint density at radius 2 is 1.95 bits per heavy atom. The number of hydrogen-bond acceptors (Lipinski definition) is 6. The van der Waals surface area contributed by atoms with Gasteiger partial charge < -0.3 is 14.5 Å². The molecule has 1 aromatic heterocycles. The van der Waals surface area contributed by atoms with E-state index in [2.05, 4.69) is 4.98 Å². The van der Waals surface area contributed by atoms with E-state index in [0.29, 0.717) is 5.69 Å². The van der Waals surface area contributed by atoms with E-state index < -0.39 is 27.9 Å². The van der Waals surface area contributed by atoms with E-state index in [0.717, 1.165) is 0 Å². The fraction of sp³-hybridized carbons (Fsp3) is 0.143. The Kier molecular flexibility index (Phi) is 4.21. The average Bonchev–Trinajstić information content (AvgIpc) is 2.45. The summed E-state index contributed by atoms with van der Waals surface area (Å²) in [5.74, 6) is -1.01. The molecule has 0 aliphatic carbocycles. The molecule has 0 aliphatic rings. The molecule has 114 valence electrons. The second kappa shape index (κ2) is 6.08. The Morgan fingerprint density at radius 1 is 1.27 bits per heavy atom. The number of para-hydroxylation sites is 1. The van der Waals surface area contributed by atoms with Gasteiger partial charge in [0.05, 0.1) is 12.0 Å². The molecular weight excluding hydrogens is 292 g/mol. The van der Waals surface area contributed by atoms with Gasteiger partial charge in [-0.1, -0.05) is 12.1 Å². The van der Waals surface area contributed by atoms with Crippen LogP contribution in [0.2, 0.25) is 0 Å². The van der Waals surface area contributed by atoms with Crippen molar-refractivity contribution in [3.63, 3.8) is 0 Å². The van der Waals surface area contributed by atoms with E-state index in [-0.39, 0.29) is 11.3 Å². The van der Waals surface area contributed by atoms with Crippen LogP contribution in [0, 0.1) is 17.0 Å². The third-order valence-electron chi connectivity index (χ3n) is 2.82. The number of aromatic nitrogens is 1. The fourth-order valence-electron chi connectivity index (χ4n) is 1.87. The molecule has 22 heavy (non-hydrogen) atoms. The highest BCUT2D eigenvalue weighted by Gasteiger charge is 2.25. The Balaban J connectivity index is 2.45. The van der Waals surface area contributed by atoms with Crippen molar-refractivity contribution < 1.29 is 19.2 Å². The van der Waals surface area contributed by atoms with Crippen LogP contribution in [0.1, 0.15) is 16.1 Å². The van der Waals surface area contributed by atoms with Crippen molar-refractivity contribution in [2.24, 2.45) is 0 Å². The number of pyridine rings is 1. The fourth-order valence-corrected chi connectivity index (χ4v) is 1.87. The summed E-state index contributed by atoms with van der Waals surface area (Å²) < 4.78 is 10.0. The van der Waals surface area contributed by atoms with Gasteiger partial charge in [-0.3, -0.25) is 14.9 Å². The van der Waals surface area contributed by atoms with Crippen molar-refractivity contribution in [2.45, 2.75) is 6.92 Å². The molecule has 0 fully saturated rings. The van der Waals surface area contributed by atoms with Gasteiger partial charge in [0.2, 0.25) is 5.75 Å². The standard InChI is InChI=1S/C14H12N2O6/c1-8-7-11(12(16(19)20)13(17)15-8)22-14(18)9-5-3-4-6-10(9)21-2/h3-7H,1-2H3,(H,15,17). The minimum atomic E-state index is -0.937. The van der Waals surface area contributed by atoms with Crippen LogP contribution in [0.25, 0.3) is 0 Å². The van der Waals surface area contributed by atoms with E-state index in [1.165, 1.54) is 26.2 Å². The summed E-state index contributed by atoms with van der Waals surface area (Å²) in [5.41, 5.74) is -1.34. The lowest BCUT2D eigenvalue weighted by molar-refractivity contribution is -0.387. The Bertz CT molecular complexity index is 796. The maximum Gasteiger partial charge on any atom is 0.376 e. The van der Waals surface area contributed by atoms with Gasteiger partial charge in [-0.15, -0.1) is 0 Å². The lowest BCUT2D eigenvalue weighted by Crippen LogP contribution is -2.17. The van der Waals surface area contributed by atoms with Crippen LogP contribution in [0.15, 0.2) is 35.1 Å². The van der Waals surface area contributed by atoms with Crippen molar-refractivity contribution in [1.82, 2.24) is 4.98 Å². The molecule has 0 saturated carbocycles. The van der Waals surface area contributed by atoms with E-state index in [4.69, 9.17) is 9.47 Å². The van der Waals surface area contributed by atoms with Gasteiger partial charge in [0, 0.05) is 11.8 Å². The van der Waals surface area contributed by atoms with Crippen LogP contribution in [0.3, 0.4) is 0 Å². The highest BCUT2D eigenvalue weighted by Crippen LogP contribution is 2.25. The molecule has 0 amide bonds. The van der Waals surface area contributed by atoms with Crippen LogP contribution < -0.4 is 15.0 Å². The number of hydrogen-bond donors (Lipinski definition) is 1. The molecule has 0 unspecified atom stereocenters. The molecule has 0 radical (unpaired) electrons. The Hall–Kier alpha value is -3.16. The summed E-state index contributed by atoms with van der Waals surface area (Å²) in [6.45, 7) is 1.52. The summed E-state index contributed by atoms with van der Waals surface area (Å²) >= 11 is 0. The van der Waals surface area contributed by atoms with Gasteiger partial charge in [-0.05, 0) is 19.1 Å². The smallest absolute Gasteiger partial charge is 0.376 e. The minimum Gasteiger partial charge on any atom is -0.496 e. The van der Waals surface area contributed by atoms with E-state index in [1.807, 2.05) is 0 Å². The first-order valence-corrected chi connectivity index (χ1v) is 6.17. The van der Waals surface area contributed by atoms with E-state index >= 15 is 0 Å². The Morgan fingerprint density at radius 3 is 2.59 bits per heavy atom. The Labute approximate surface area is 124 Å². The predicted molar refractivity (Wildman–Crippen MR) is 76.4 cm³/mol. The molecule has 0 atom stereocenters. The van der Waals surface area contributed by atoms with Crippen LogP contribution in [0.4, 0.5) is 5.69 Å². The molecule has 8 nitrogen and oxygen atoms in total. The third-order valence-corrected chi connectivity index (χ3v) is 2.82. The lowest BCUT2D eigenvalue weighted by Gasteiger charge is -2.08.